The Morgan fingerprint density at radius 1 is 1.11 bits per heavy atom. The third kappa shape index (κ3) is 3.47. The molecule has 0 aromatic carbocycles. The lowest BCUT2D eigenvalue weighted by molar-refractivity contribution is 0.209. The summed E-state index contributed by atoms with van der Waals surface area (Å²) >= 11 is 0. The van der Waals surface area contributed by atoms with Gasteiger partial charge >= 0.3 is 0 Å². The smallest absolute Gasteiger partial charge is 0.0477 e. The Morgan fingerprint density at radius 2 is 1.74 bits per heavy atom. The Kier molecular flexibility index (Phi) is 4.14. The van der Waals surface area contributed by atoms with Gasteiger partial charge in [0.05, 0.1) is 0 Å². The van der Waals surface area contributed by atoms with E-state index >= 15 is 0 Å². The quantitative estimate of drug-likeness (QED) is 0.816. The van der Waals surface area contributed by atoms with Crippen molar-refractivity contribution in [2.75, 3.05) is 31.1 Å². The molecule has 1 saturated heterocycles. The van der Waals surface area contributed by atoms with Gasteiger partial charge in [-0.25, -0.2) is 0 Å². The fourth-order valence-corrected chi connectivity index (χ4v) is 2.52. The zero-order valence-corrected chi connectivity index (χ0v) is 13.0. The van der Waals surface area contributed by atoms with Crippen LogP contribution in [0.1, 0.15) is 40.3 Å². The number of hydrogen-bond acceptors (Lipinski definition) is 3. The van der Waals surface area contributed by atoms with Gasteiger partial charge in [0, 0.05) is 55.2 Å². The Bertz CT molecular complexity index is 412. The first-order valence-corrected chi connectivity index (χ1v) is 7.33. The van der Waals surface area contributed by atoms with E-state index in [9.17, 15) is 0 Å². The molecule has 1 aliphatic rings. The van der Waals surface area contributed by atoms with E-state index in [1.54, 1.807) is 0 Å². The summed E-state index contributed by atoms with van der Waals surface area (Å²) in [5.74, 6) is 0. The summed E-state index contributed by atoms with van der Waals surface area (Å²) in [7, 11) is 0. The van der Waals surface area contributed by atoms with Crippen LogP contribution in [0.4, 0.5) is 5.69 Å². The SMILES string of the molecule is CC(C)N1CCN(c2ccnc(C(C)(C)C)c2)CC1. The first-order valence-electron chi connectivity index (χ1n) is 7.33. The lowest BCUT2D eigenvalue weighted by Crippen LogP contribution is -2.48. The lowest BCUT2D eigenvalue weighted by Gasteiger charge is -2.38. The van der Waals surface area contributed by atoms with Gasteiger partial charge in [0.15, 0.2) is 0 Å². The number of anilines is 1. The molecule has 106 valence electrons. The molecule has 0 unspecified atom stereocenters. The minimum atomic E-state index is 0.121. The van der Waals surface area contributed by atoms with Crippen molar-refractivity contribution in [1.29, 1.82) is 0 Å². The van der Waals surface area contributed by atoms with Crippen molar-refractivity contribution in [3.63, 3.8) is 0 Å². The second-order valence-corrected chi connectivity index (χ2v) is 6.77. The van der Waals surface area contributed by atoms with Gasteiger partial charge in [-0.1, -0.05) is 20.8 Å². The molecular weight excluding hydrogens is 234 g/mol. The van der Waals surface area contributed by atoms with Crippen LogP contribution in [0.15, 0.2) is 18.3 Å². The largest absolute Gasteiger partial charge is 0.369 e. The normalized spacial score (nSPS) is 18.1. The highest BCUT2D eigenvalue weighted by Gasteiger charge is 2.21. The van der Waals surface area contributed by atoms with Crippen LogP contribution in [0.25, 0.3) is 0 Å². The van der Waals surface area contributed by atoms with Crippen molar-refractivity contribution in [1.82, 2.24) is 9.88 Å². The van der Waals surface area contributed by atoms with Gasteiger partial charge in [-0.05, 0) is 26.0 Å². The van der Waals surface area contributed by atoms with Crippen molar-refractivity contribution in [2.45, 2.75) is 46.1 Å². The molecule has 1 fully saturated rings. The van der Waals surface area contributed by atoms with E-state index in [-0.39, 0.29) is 5.41 Å². The van der Waals surface area contributed by atoms with Gasteiger partial charge in [0.25, 0.3) is 0 Å². The maximum atomic E-state index is 4.51. The first kappa shape index (κ1) is 14.3. The fraction of sp³-hybridized carbons (Fsp3) is 0.688. The van der Waals surface area contributed by atoms with Gasteiger partial charge < -0.3 is 4.90 Å². The summed E-state index contributed by atoms with van der Waals surface area (Å²) in [6, 6.07) is 5.05. The van der Waals surface area contributed by atoms with Crippen LogP contribution in [-0.2, 0) is 5.41 Å². The van der Waals surface area contributed by atoms with E-state index in [1.807, 2.05) is 6.20 Å². The monoisotopic (exact) mass is 261 g/mol. The van der Waals surface area contributed by atoms with Gasteiger partial charge in [-0.15, -0.1) is 0 Å². The summed E-state index contributed by atoms with van der Waals surface area (Å²) in [6.45, 7) is 15.8. The Labute approximate surface area is 117 Å². The summed E-state index contributed by atoms with van der Waals surface area (Å²) in [5.41, 5.74) is 2.62. The third-order valence-electron chi connectivity index (χ3n) is 3.92. The second-order valence-electron chi connectivity index (χ2n) is 6.77. The fourth-order valence-electron chi connectivity index (χ4n) is 2.52. The number of pyridine rings is 1. The molecule has 0 atom stereocenters. The highest BCUT2D eigenvalue weighted by Crippen LogP contribution is 2.25. The van der Waals surface area contributed by atoms with E-state index in [2.05, 4.69) is 61.5 Å². The van der Waals surface area contributed by atoms with Crippen LogP contribution >= 0.6 is 0 Å². The standard InChI is InChI=1S/C16H27N3/c1-13(2)18-8-10-19(11-9-18)14-6-7-17-15(12-14)16(3,4)5/h6-7,12-13H,8-11H2,1-5H3. The lowest BCUT2D eigenvalue weighted by atomic mass is 9.91. The molecule has 2 rings (SSSR count). The molecule has 0 saturated carbocycles. The Morgan fingerprint density at radius 3 is 2.26 bits per heavy atom. The molecular formula is C16H27N3. The zero-order valence-electron chi connectivity index (χ0n) is 13.0. The average Bonchev–Trinajstić information content (AvgIpc) is 2.38. The van der Waals surface area contributed by atoms with Crippen LogP contribution in [-0.4, -0.2) is 42.1 Å². The molecule has 1 aromatic rings. The summed E-state index contributed by atoms with van der Waals surface area (Å²) in [4.78, 5) is 9.54. The predicted molar refractivity (Wildman–Crippen MR) is 81.9 cm³/mol. The molecule has 0 N–H and O–H groups in total. The van der Waals surface area contributed by atoms with Gasteiger partial charge in [0.1, 0.15) is 0 Å². The van der Waals surface area contributed by atoms with Crippen molar-refractivity contribution >= 4 is 5.69 Å². The second kappa shape index (κ2) is 5.49. The molecule has 1 aromatic heterocycles. The average molecular weight is 261 g/mol. The molecule has 0 bridgehead atoms. The van der Waals surface area contributed by atoms with Crippen molar-refractivity contribution in [3.8, 4) is 0 Å². The summed E-state index contributed by atoms with van der Waals surface area (Å²) in [5, 5.41) is 0. The zero-order chi connectivity index (χ0) is 14.0. The van der Waals surface area contributed by atoms with Crippen molar-refractivity contribution < 1.29 is 0 Å². The van der Waals surface area contributed by atoms with Gasteiger partial charge in [0.2, 0.25) is 0 Å². The minimum absolute atomic E-state index is 0.121. The third-order valence-corrected chi connectivity index (χ3v) is 3.92. The number of piperazine rings is 1. The number of rotatable bonds is 2. The molecule has 0 amide bonds. The molecule has 0 spiro atoms. The highest BCUT2D eigenvalue weighted by atomic mass is 15.3. The predicted octanol–water partition coefficient (Wildman–Crippen LogP) is 2.91. The molecule has 1 aliphatic heterocycles. The highest BCUT2D eigenvalue weighted by molar-refractivity contribution is 5.48. The van der Waals surface area contributed by atoms with Crippen LogP contribution < -0.4 is 4.90 Å². The molecule has 19 heavy (non-hydrogen) atoms. The first-order chi connectivity index (χ1) is 8.88. The van der Waals surface area contributed by atoms with Gasteiger partial charge in [-0.3, -0.25) is 9.88 Å². The Hall–Kier alpha value is -1.09. The number of aromatic nitrogens is 1. The van der Waals surface area contributed by atoms with E-state index in [0.29, 0.717) is 6.04 Å². The summed E-state index contributed by atoms with van der Waals surface area (Å²) in [6.07, 6.45) is 1.95. The van der Waals surface area contributed by atoms with Crippen LogP contribution in [0.5, 0.6) is 0 Å². The molecule has 2 heterocycles. The summed E-state index contributed by atoms with van der Waals surface area (Å²) < 4.78 is 0. The van der Waals surface area contributed by atoms with Crippen molar-refractivity contribution in [2.24, 2.45) is 0 Å². The van der Waals surface area contributed by atoms with E-state index < -0.39 is 0 Å². The molecule has 3 nitrogen and oxygen atoms in total. The minimum Gasteiger partial charge on any atom is -0.369 e. The molecule has 3 heteroatoms. The number of nitrogens with zero attached hydrogens (tertiary/aromatic N) is 3. The maximum Gasteiger partial charge on any atom is 0.0477 e. The molecule has 0 aliphatic carbocycles. The number of hydrogen-bond donors (Lipinski definition) is 0. The molecule has 0 radical (unpaired) electrons. The maximum absolute atomic E-state index is 4.51. The van der Waals surface area contributed by atoms with E-state index in [1.165, 1.54) is 11.4 Å². The topological polar surface area (TPSA) is 19.4 Å². The van der Waals surface area contributed by atoms with Crippen LogP contribution in [0, 0.1) is 0 Å². The van der Waals surface area contributed by atoms with Crippen LogP contribution in [0.3, 0.4) is 0 Å². The van der Waals surface area contributed by atoms with E-state index in [4.69, 9.17) is 0 Å². The Balaban J connectivity index is 2.08. The van der Waals surface area contributed by atoms with Crippen molar-refractivity contribution in [3.05, 3.63) is 24.0 Å². The van der Waals surface area contributed by atoms with Gasteiger partial charge in [-0.2, -0.15) is 0 Å². The van der Waals surface area contributed by atoms with E-state index in [0.717, 1.165) is 26.2 Å². The van der Waals surface area contributed by atoms with Crippen LogP contribution in [0.2, 0.25) is 0 Å².